The summed E-state index contributed by atoms with van der Waals surface area (Å²) >= 11 is 19.7. The average Bonchev–Trinajstić information content (AvgIpc) is 2.64. The van der Waals surface area contributed by atoms with E-state index in [2.05, 4.69) is 0 Å². The summed E-state index contributed by atoms with van der Waals surface area (Å²) in [5.41, 5.74) is 2.17. The Morgan fingerprint density at radius 3 is 2.44 bits per heavy atom. The van der Waals surface area contributed by atoms with Gasteiger partial charge in [0.15, 0.2) is 0 Å². The van der Waals surface area contributed by atoms with Gasteiger partial charge in [0.05, 0.1) is 9.71 Å². The molecule has 84 valence electrons. The monoisotopic (exact) mass is 290 g/mol. The number of benzene rings is 1. The van der Waals surface area contributed by atoms with Gasteiger partial charge in [0.25, 0.3) is 0 Å². The Balaban J connectivity index is 2.37. The molecule has 0 spiro atoms. The van der Waals surface area contributed by atoms with E-state index < -0.39 is 0 Å². The first-order chi connectivity index (χ1) is 7.58. The van der Waals surface area contributed by atoms with Gasteiger partial charge in [-0.3, -0.25) is 0 Å². The highest BCUT2D eigenvalue weighted by molar-refractivity contribution is 7.16. The van der Waals surface area contributed by atoms with Gasteiger partial charge in [-0.1, -0.05) is 29.3 Å². The minimum absolute atomic E-state index is 0.158. The molecule has 0 nitrogen and oxygen atoms in total. The van der Waals surface area contributed by atoms with Crippen molar-refractivity contribution in [3.05, 3.63) is 55.7 Å². The second-order valence-corrected chi connectivity index (χ2v) is 6.12. The molecule has 0 amide bonds. The third-order valence-electron chi connectivity index (χ3n) is 2.35. The first kappa shape index (κ1) is 12.3. The van der Waals surface area contributed by atoms with E-state index in [4.69, 9.17) is 34.8 Å². The zero-order chi connectivity index (χ0) is 11.7. The van der Waals surface area contributed by atoms with Crippen LogP contribution in [0.3, 0.4) is 0 Å². The SMILES string of the molecule is Cc1cc(Cl)ccc1C(Cl)c1ccc(Cl)s1. The van der Waals surface area contributed by atoms with Crippen LogP contribution in [-0.2, 0) is 0 Å². The van der Waals surface area contributed by atoms with E-state index in [-0.39, 0.29) is 5.38 Å². The lowest BCUT2D eigenvalue weighted by molar-refractivity contribution is 1.15. The number of hydrogen-bond donors (Lipinski definition) is 0. The van der Waals surface area contributed by atoms with Crippen molar-refractivity contribution in [2.45, 2.75) is 12.3 Å². The van der Waals surface area contributed by atoms with Crippen LogP contribution >= 0.6 is 46.1 Å². The highest BCUT2D eigenvalue weighted by Crippen LogP contribution is 2.37. The maximum absolute atomic E-state index is 6.41. The van der Waals surface area contributed by atoms with E-state index in [1.807, 2.05) is 37.3 Å². The molecule has 0 N–H and O–H groups in total. The van der Waals surface area contributed by atoms with Crippen molar-refractivity contribution in [2.75, 3.05) is 0 Å². The fourth-order valence-electron chi connectivity index (χ4n) is 1.54. The summed E-state index contributed by atoms with van der Waals surface area (Å²) < 4.78 is 0.757. The minimum atomic E-state index is -0.158. The molecule has 1 unspecified atom stereocenters. The summed E-state index contributed by atoms with van der Waals surface area (Å²) in [6, 6.07) is 9.56. The van der Waals surface area contributed by atoms with Gasteiger partial charge in [0, 0.05) is 9.90 Å². The van der Waals surface area contributed by atoms with Crippen molar-refractivity contribution in [3.8, 4) is 0 Å². The molecule has 0 aliphatic carbocycles. The van der Waals surface area contributed by atoms with Gasteiger partial charge in [-0.25, -0.2) is 0 Å². The zero-order valence-corrected chi connectivity index (χ0v) is 11.6. The van der Waals surface area contributed by atoms with Crippen LogP contribution in [0, 0.1) is 6.92 Å². The molecular weight excluding hydrogens is 283 g/mol. The molecule has 1 aromatic heterocycles. The minimum Gasteiger partial charge on any atom is -0.127 e. The smallest absolute Gasteiger partial charge is 0.0931 e. The molecule has 0 fully saturated rings. The van der Waals surface area contributed by atoms with Crippen LogP contribution in [0.4, 0.5) is 0 Å². The van der Waals surface area contributed by atoms with E-state index in [1.54, 1.807) is 0 Å². The summed E-state index contributed by atoms with van der Waals surface area (Å²) in [6.45, 7) is 2.01. The fraction of sp³-hybridized carbons (Fsp3) is 0.167. The molecule has 2 aromatic rings. The van der Waals surface area contributed by atoms with Gasteiger partial charge in [-0.15, -0.1) is 22.9 Å². The van der Waals surface area contributed by atoms with E-state index in [9.17, 15) is 0 Å². The lowest BCUT2D eigenvalue weighted by Gasteiger charge is -2.11. The van der Waals surface area contributed by atoms with Crippen molar-refractivity contribution in [1.29, 1.82) is 0 Å². The third kappa shape index (κ3) is 2.54. The molecule has 0 bridgehead atoms. The van der Waals surface area contributed by atoms with Gasteiger partial charge in [0.2, 0.25) is 0 Å². The lowest BCUT2D eigenvalue weighted by atomic mass is 10.0. The van der Waals surface area contributed by atoms with Gasteiger partial charge in [0.1, 0.15) is 0 Å². The van der Waals surface area contributed by atoms with Crippen molar-refractivity contribution in [1.82, 2.24) is 0 Å². The summed E-state index contributed by atoms with van der Waals surface area (Å²) in [5, 5.41) is 0.573. The van der Waals surface area contributed by atoms with Crippen LogP contribution in [0.15, 0.2) is 30.3 Å². The van der Waals surface area contributed by atoms with E-state index in [0.717, 1.165) is 25.4 Å². The first-order valence-electron chi connectivity index (χ1n) is 4.73. The Kier molecular flexibility index (Phi) is 3.81. The Morgan fingerprint density at radius 2 is 1.88 bits per heavy atom. The van der Waals surface area contributed by atoms with Crippen LogP contribution in [0.5, 0.6) is 0 Å². The Labute approximate surface area is 114 Å². The van der Waals surface area contributed by atoms with E-state index in [1.165, 1.54) is 11.3 Å². The topological polar surface area (TPSA) is 0 Å². The van der Waals surface area contributed by atoms with Crippen LogP contribution in [0.25, 0.3) is 0 Å². The quantitative estimate of drug-likeness (QED) is 0.623. The van der Waals surface area contributed by atoms with Crippen LogP contribution in [0.1, 0.15) is 21.4 Å². The lowest BCUT2D eigenvalue weighted by Crippen LogP contribution is -1.93. The summed E-state index contributed by atoms with van der Waals surface area (Å²) in [7, 11) is 0. The normalized spacial score (nSPS) is 12.8. The molecular formula is C12H9Cl3S. The standard InChI is InChI=1S/C12H9Cl3S/c1-7-6-8(13)2-3-9(7)12(15)10-4-5-11(14)16-10/h2-6,12H,1H3. The average molecular weight is 292 g/mol. The highest BCUT2D eigenvalue weighted by atomic mass is 35.5. The van der Waals surface area contributed by atoms with Crippen LogP contribution in [-0.4, -0.2) is 0 Å². The van der Waals surface area contributed by atoms with E-state index >= 15 is 0 Å². The summed E-state index contributed by atoms with van der Waals surface area (Å²) in [5.74, 6) is 0. The van der Waals surface area contributed by atoms with Gasteiger partial charge in [-0.05, 0) is 42.3 Å². The predicted octanol–water partition coefficient (Wildman–Crippen LogP) is 5.69. The summed E-state index contributed by atoms with van der Waals surface area (Å²) in [6.07, 6.45) is 0. The maximum Gasteiger partial charge on any atom is 0.0931 e. The molecule has 0 aliphatic rings. The highest BCUT2D eigenvalue weighted by Gasteiger charge is 2.15. The van der Waals surface area contributed by atoms with Crippen molar-refractivity contribution < 1.29 is 0 Å². The van der Waals surface area contributed by atoms with Gasteiger partial charge >= 0.3 is 0 Å². The Morgan fingerprint density at radius 1 is 1.12 bits per heavy atom. The second-order valence-electron chi connectivity index (χ2n) is 3.51. The third-order valence-corrected chi connectivity index (χ3v) is 4.48. The Hall–Kier alpha value is -0.210. The number of thiophene rings is 1. The molecule has 1 aromatic carbocycles. The second kappa shape index (κ2) is 4.97. The Bertz CT molecular complexity index is 505. The maximum atomic E-state index is 6.41. The van der Waals surface area contributed by atoms with Gasteiger partial charge in [-0.2, -0.15) is 0 Å². The molecule has 16 heavy (non-hydrogen) atoms. The van der Waals surface area contributed by atoms with Crippen LogP contribution < -0.4 is 0 Å². The molecule has 0 radical (unpaired) electrons. The molecule has 2 rings (SSSR count). The summed E-state index contributed by atoms with van der Waals surface area (Å²) in [4.78, 5) is 1.05. The molecule has 0 aliphatic heterocycles. The van der Waals surface area contributed by atoms with Gasteiger partial charge < -0.3 is 0 Å². The zero-order valence-electron chi connectivity index (χ0n) is 8.51. The first-order valence-corrected chi connectivity index (χ1v) is 6.74. The molecule has 1 atom stereocenters. The number of alkyl halides is 1. The molecule has 0 saturated heterocycles. The number of hydrogen-bond acceptors (Lipinski definition) is 1. The molecule has 1 heterocycles. The fourth-order valence-corrected chi connectivity index (χ4v) is 3.28. The number of rotatable bonds is 2. The largest absolute Gasteiger partial charge is 0.127 e. The van der Waals surface area contributed by atoms with Crippen molar-refractivity contribution >= 4 is 46.1 Å². The number of halogens is 3. The molecule has 0 saturated carbocycles. The molecule has 4 heteroatoms. The predicted molar refractivity (Wildman–Crippen MR) is 73.2 cm³/mol. The van der Waals surface area contributed by atoms with Crippen LogP contribution in [0.2, 0.25) is 9.36 Å². The number of aryl methyl sites for hydroxylation is 1. The van der Waals surface area contributed by atoms with E-state index in [0.29, 0.717) is 0 Å². The van der Waals surface area contributed by atoms with Crippen molar-refractivity contribution in [3.63, 3.8) is 0 Å². The van der Waals surface area contributed by atoms with Crippen molar-refractivity contribution in [2.24, 2.45) is 0 Å².